The fourth-order valence-corrected chi connectivity index (χ4v) is 2.47. The van der Waals surface area contributed by atoms with Gasteiger partial charge >= 0.3 is 6.09 Å². The Balaban J connectivity index is 1.96. The van der Waals surface area contributed by atoms with Crippen LogP contribution in [0.4, 0.5) is 4.79 Å². The van der Waals surface area contributed by atoms with Gasteiger partial charge in [0.05, 0.1) is 18.8 Å². The molecule has 2 aromatic rings. The summed E-state index contributed by atoms with van der Waals surface area (Å²) >= 11 is 0. The third-order valence-electron chi connectivity index (χ3n) is 3.34. The largest absolute Gasteiger partial charge is 0.444 e. The lowest BCUT2D eigenvalue weighted by molar-refractivity contribution is 0.0217. The van der Waals surface area contributed by atoms with Crippen LogP contribution in [0.15, 0.2) is 30.6 Å². The van der Waals surface area contributed by atoms with Gasteiger partial charge in [0.1, 0.15) is 5.60 Å². The van der Waals surface area contributed by atoms with Crippen molar-refractivity contribution in [1.82, 2.24) is 14.9 Å². The Morgan fingerprint density at radius 2 is 2.14 bits per heavy atom. The lowest BCUT2D eigenvalue weighted by Gasteiger charge is -2.26. The highest BCUT2D eigenvalue weighted by Gasteiger charge is 2.27. The van der Waals surface area contributed by atoms with Crippen molar-refractivity contribution in [3.05, 3.63) is 41.9 Å². The average molecular weight is 285 g/mol. The molecule has 0 spiro atoms. The molecule has 1 aliphatic rings. The molecule has 3 rings (SSSR count). The zero-order valence-electron chi connectivity index (χ0n) is 12.5. The maximum absolute atomic E-state index is 12.4. The molecule has 0 atom stereocenters. The summed E-state index contributed by atoms with van der Waals surface area (Å²) in [6.45, 7) is 6.61. The van der Waals surface area contributed by atoms with Crippen LogP contribution >= 0.6 is 0 Å². The van der Waals surface area contributed by atoms with E-state index in [-0.39, 0.29) is 6.09 Å². The van der Waals surface area contributed by atoms with Gasteiger partial charge in [0.15, 0.2) is 0 Å². The molecule has 0 aliphatic carbocycles. The SMILES string of the molecule is CC(C)(C)OC(=O)N1Cc2cccnc2-c2cc[nH]c2C1. The first-order valence-corrected chi connectivity index (χ1v) is 7.02. The van der Waals surface area contributed by atoms with Crippen LogP contribution in [0.5, 0.6) is 0 Å². The number of nitrogens with one attached hydrogen (secondary N) is 1. The summed E-state index contributed by atoms with van der Waals surface area (Å²) in [4.78, 5) is 21.7. The molecule has 110 valence electrons. The first kappa shape index (κ1) is 13.7. The van der Waals surface area contributed by atoms with Crippen molar-refractivity contribution in [3.8, 4) is 11.3 Å². The predicted molar refractivity (Wildman–Crippen MR) is 79.5 cm³/mol. The van der Waals surface area contributed by atoms with E-state index in [4.69, 9.17) is 4.74 Å². The molecule has 0 bridgehead atoms. The molecular formula is C16H19N3O2. The fourth-order valence-electron chi connectivity index (χ4n) is 2.47. The minimum atomic E-state index is -0.500. The van der Waals surface area contributed by atoms with Gasteiger partial charge in [-0.25, -0.2) is 4.79 Å². The molecule has 5 heteroatoms. The molecule has 0 fully saturated rings. The summed E-state index contributed by atoms with van der Waals surface area (Å²) in [6, 6.07) is 5.89. The molecule has 1 N–H and O–H groups in total. The summed E-state index contributed by atoms with van der Waals surface area (Å²) < 4.78 is 5.49. The summed E-state index contributed by atoms with van der Waals surface area (Å²) in [5.74, 6) is 0. The number of carbonyl (C=O) groups excluding carboxylic acids is 1. The van der Waals surface area contributed by atoms with Gasteiger partial charge in [0.25, 0.3) is 0 Å². The van der Waals surface area contributed by atoms with Gasteiger partial charge in [-0.15, -0.1) is 0 Å². The van der Waals surface area contributed by atoms with Crippen LogP contribution in [-0.2, 0) is 17.8 Å². The van der Waals surface area contributed by atoms with E-state index in [0.717, 1.165) is 22.5 Å². The first-order chi connectivity index (χ1) is 9.94. The van der Waals surface area contributed by atoms with Crippen LogP contribution < -0.4 is 0 Å². The lowest BCUT2D eigenvalue weighted by Crippen LogP contribution is -2.35. The van der Waals surface area contributed by atoms with Gasteiger partial charge in [-0.05, 0) is 38.5 Å². The molecule has 2 aromatic heterocycles. The molecule has 0 saturated heterocycles. The van der Waals surface area contributed by atoms with Crippen molar-refractivity contribution in [2.24, 2.45) is 0 Å². The maximum atomic E-state index is 12.4. The number of ether oxygens (including phenoxy) is 1. The number of rotatable bonds is 0. The zero-order chi connectivity index (χ0) is 15.0. The van der Waals surface area contributed by atoms with E-state index in [2.05, 4.69) is 9.97 Å². The number of hydrogen-bond donors (Lipinski definition) is 1. The summed E-state index contributed by atoms with van der Waals surface area (Å²) in [6.07, 6.45) is 3.35. The van der Waals surface area contributed by atoms with Crippen LogP contribution in [-0.4, -0.2) is 26.6 Å². The number of nitrogens with zero attached hydrogens (tertiary/aromatic N) is 2. The Kier molecular flexibility index (Phi) is 3.20. The quantitative estimate of drug-likeness (QED) is 0.807. The second-order valence-electron chi connectivity index (χ2n) is 6.22. The highest BCUT2D eigenvalue weighted by atomic mass is 16.6. The van der Waals surface area contributed by atoms with Gasteiger partial charge in [0, 0.05) is 23.7 Å². The predicted octanol–water partition coefficient (Wildman–Crippen LogP) is 3.33. The van der Waals surface area contributed by atoms with Gasteiger partial charge in [-0.2, -0.15) is 0 Å². The molecule has 3 heterocycles. The van der Waals surface area contributed by atoms with Gasteiger partial charge in [0.2, 0.25) is 0 Å². The van der Waals surface area contributed by atoms with E-state index < -0.39 is 5.60 Å². The van der Waals surface area contributed by atoms with Crippen molar-refractivity contribution in [2.75, 3.05) is 0 Å². The van der Waals surface area contributed by atoms with Crippen molar-refractivity contribution >= 4 is 6.09 Å². The molecule has 0 saturated carbocycles. The number of aromatic amines is 1. The highest BCUT2D eigenvalue weighted by Crippen LogP contribution is 2.30. The van der Waals surface area contributed by atoms with Gasteiger partial charge in [-0.1, -0.05) is 6.07 Å². The minimum Gasteiger partial charge on any atom is -0.444 e. The zero-order valence-corrected chi connectivity index (χ0v) is 12.5. The van der Waals surface area contributed by atoms with Crippen LogP contribution in [0.1, 0.15) is 32.0 Å². The fraction of sp³-hybridized carbons (Fsp3) is 0.375. The number of amides is 1. The second-order valence-corrected chi connectivity index (χ2v) is 6.22. The molecule has 0 radical (unpaired) electrons. The minimum absolute atomic E-state index is 0.306. The molecule has 5 nitrogen and oxygen atoms in total. The number of carbonyl (C=O) groups is 1. The standard InChI is InChI=1S/C16H19N3O2/c1-16(2,3)21-15(20)19-9-11-5-4-7-18-14(11)12-6-8-17-13(12)10-19/h4-8,17H,9-10H2,1-3H3. The number of fused-ring (bicyclic) bond motifs is 3. The van der Waals surface area contributed by atoms with Crippen molar-refractivity contribution in [1.29, 1.82) is 0 Å². The van der Waals surface area contributed by atoms with E-state index in [0.29, 0.717) is 13.1 Å². The molecule has 0 aromatic carbocycles. The lowest BCUT2D eigenvalue weighted by atomic mass is 10.1. The monoisotopic (exact) mass is 285 g/mol. The Labute approximate surface area is 124 Å². The van der Waals surface area contributed by atoms with E-state index in [1.807, 2.05) is 45.2 Å². The van der Waals surface area contributed by atoms with E-state index in [9.17, 15) is 4.79 Å². The smallest absolute Gasteiger partial charge is 0.410 e. The van der Waals surface area contributed by atoms with Crippen molar-refractivity contribution < 1.29 is 9.53 Å². The van der Waals surface area contributed by atoms with Crippen LogP contribution in [0.25, 0.3) is 11.3 Å². The summed E-state index contributed by atoms with van der Waals surface area (Å²) in [7, 11) is 0. The Morgan fingerprint density at radius 3 is 2.90 bits per heavy atom. The van der Waals surface area contributed by atoms with Gasteiger partial charge in [-0.3, -0.25) is 9.88 Å². The summed E-state index contributed by atoms with van der Waals surface area (Å²) in [5, 5.41) is 0. The van der Waals surface area contributed by atoms with Crippen molar-refractivity contribution in [2.45, 2.75) is 39.5 Å². The summed E-state index contributed by atoms with van der Waals surface area (Å²) in [5.41, 5.74) is 3.50. The van der Waals surface area contributed by atoms with Crippen LogP contribution in [0, 0.1) is 0 Å². The molecule has 0 unspecified atom stereocenters. The van der Waals surface area contributed by atoms with Crippen LogP contribution in [0.2, 0.25) is 0 Å². The van der Waals surface area contributed by atoms with E-state index in [1.54, 1.807) is 11.1 Å². The number of hydrogen-bond acceptors (Lipinski definition) is 3. The van der Waals surface area contributed by atoms with Gasteiger partial charge < -0.3 is 9.72 Å². The third-order valence-corrected chi connectivity index (χ3v) is 3.34. The van der Waals surface area contributed by atoms with Crippen LogP contribution in [0.3, 0.4) is 0 Å². The normalized spacial score (nSPS) is 14.1. The number of aromatic nitrogens is 2. The Morgan fingerprint density at radius 1 is 1.33 bits per heavy atom. The van der Waals surface area contributed by atoms with Crippen molar-refractivity contribution in [3.63, 3.8) is 0 Å². The topological polar surface area (TPSA) is 58.2 Å². The number of pyridine rings is 1. The molecule has 1 amide bonds. The van der Waals surface area contributed by atoms with E-state index in [1.165, 1.54) is 0 Å². The Bertz CT molecular complexity index is 670. The second kappa shape index (κ2) is 4.91. The number of H-pyrrole nitrogens is 1. The Hall–Kier alpha value is -2.30. The molecule has 21 heavy (non-hydrogen) atoms. The highest BCUT2D eigenvalue weighted by molar-refractivity contribution is 5.72. The molecular weight excluding hydrogens is 266 g/mol. The third kappa shape index (κ3) is 2.77. The maximum Gasteiger partial charge on any atom is 0.410 e. The first-order valence-electron chi connectivity index (χ1n) is 7.02. The average Bonchev–Trinajstić information content (AvgIpc) is 2.79. The molecule has 1 aliphatic heterocycles. The van der Waals surface area contributed by atoms with E-state index >= 15 is 0 Å².